The van der Waals surface area contributed by atoms with Gasteiger partial charge >= 0.3 is 0 Å². The van der Waals surface area contributed by atoms with Crippen molar-refractivity contribution in [3.63, 3.8) is 0 Å². The van der Waals surface area contributed by atoms with Gasteiger partial charge in [0, 0.05) is 0 Å². The van der Waals surface area contributed by atoms with Crippen LogP contribution in [0.5, 0.6) is 0 Å². The lowest BCUT2D eigenvalue weighted by Crippen LogP contribution is -2.52. The van der Waals surface area contributed by atoms with Crippen molar-refractivity contribution in [2.45, 2.75) is 37.3 Å². The van der Waals surface area contributed by atoms with Crippen molar-refractivity contribution in [1.29, 1.82) is 0 Å². The zero-order valence-electron chi connectivity index (χ0n) is 8.11. The number of aliphatic hydroxyl groups excluding tert-OH is 1. The standard InChI is InChI=1S/C10H15NO2S/c12-7-11-10(4-9(13)5-10)8-2-1-3-14-6-8/h8-9,13H,1-6H2. The third kappa shape index (κ3) is 1.74. The molecule has 0 aromatic rings. The van der Waals surface area contributed by atoms with Crippen LogP contribution in [-0.2, 0) is 4.79 Å². The molecule has 2 rings (SSSR count). The third-order valence-corrected chi connectivity index (χ3v) is 4.58. The molecule has 1 saturated carbocycles. The van der Waals surface area contributed by atoms with Gasteiger partial charge in [-0.25, -0.2) is 4.79 Å². The van der Waals surface area contributed by atoms with Crippen molar-refractivity contribution in [2.24, 2.45) is 10.9 Å². The van der Waals surface area contributed by atoms with Crippen molar-refractivity contribution in [1.82, 2.24) is 0 Å². The third-order valence-electron chi connectivity index (χ3n) is 3.37. The zero-order chi connectivity index (χ0) is 10.0. The van der Waals surface area contributed by atoms with Crippen LogP contribution < -0.4 is 0 Å². The molecule has 1 heterocycles. The summed E-state index contributed by atoms with van der Waals surface area (Å²) in [6, 6.07) is 0. The van der Waals surface area contributed by atoms with Gasteiger partial charge in [-0.1, -0.05) is 0 Å². The SMILES string of the molecule is O=C=NC1(C2CCCSC2)CC(O)C1. The van der Waals surface area contributed by atoms with Gasteiger partial charge < -0.3 is 5.11 Å². The summed E-state index contributed by atoms with van der Waals surface area (Å²) in [5.74, 6) is 2.78. The average Bonchev–Trinajstić information content (AvgIpc) is 2.17. The van der Waals surface area contributed by atoms with Gasteiger partial charge in [0.25, 0.3) is 0 Å². The van der Waals surface area contributed by atoms with Gasteiger partial charge in [0.1, 0.15) is 0 Å². The number of thioether (sulfide) groups is 1. The minimum absolute atomic E-state index is 0.251. The maximum Gasteiger partial charge on any atom is 0.235 e. The molecule has 0 aromatic carbocycles. The van der Waals surface area contributed by atoms with Crippen molar-refractivity contribution < 1.29 is 9.90 Å². The first-order valence-corrected chi connectivity index (χ1v) is 6.27. The molecule has 14 heavy (non-hydrogen) atoms. The first-order chi connectivity index (χ1) is 6.77. The number of hydrogen-bond acceptors (Lipinski definition) is 4. The lowest BCUT2D eigenvalue weighted by Gasteiger charge is -2.47. The second-order valence-electron chi connectivity index (χ2n) is 4.28. The number of carbonyl (C=O) groups excluding carboxylic acids is 1. The molecule has 0 aromatic heterocycles. The average molecular weight is 213 g/mol. The van der Waals surface area contributed by atoms with E-state index in [1.54, 1.807) is 6.08 Å². The zero-order valence-corrected chi connectivity index (χ0v) is 8.92. The quantitative estimate of drug-likeness (QED) is 0.556. The molecule has 1 N–H and O–H groups in total. The van der Waals surface area contributed by atoms with E-state index in [1.165, 1.54) is 12.2 Å². The fourth-order valence-corrected chi connectivity index (χ4v) is 3.83. The fourth-order valence-electron chi connectivity index (χ4n) is 2.53. The monoisotopic (exact) mass is 213 g/mol. The van der Waals surface area contributed by atoms with Crippen LogP contribution in [0.25, 0.3) is 0 Å². The van der Waals surface area contributed by atoms with E-state index in [2.05, 4.69) is 4.99 Å². The van der Waals surface area contributed by atoms with E-state index in [0.717, 1.165) is 12.2 Å². The maximum atomic E-state index is 10.4. The highest BCUT2D eigenvalue weighted by molar-refractivity contribution is 7.99. The van der Waals surface area contributed by atoms with Gasteiger partial charge in [-0.3, -0.25) is 0 Å². The van der Waals surface area contributed by atoms with Crippen LogP contribution in [-0.4, -0.2) is 34.3 Å². The Bertz CT molecular complexity index is 251. The summed E-state index contributed by atoms with van der Waals surface area (Å²) in [5, 5.41) is 9.34. The number of nitrogens with zero attached hydrogens (tertiary/aromatic N) is 1. The number of hydrogen-bond donors (Lipinski definition) is 1. The van der Waals surface area contributed by atoms with Crippen molar-refractivity contribution >= 4 is 17.8 Å². The smallest absolute Gasteiger partial charge is 0.235 e. The summed E-state index contributed by atoms with van der Waals surface area (Å²) in [6.45, 7) is 0. The van der Waals surface area contributed by atoms with Gasteiger partial charge in [-0.2, -0.15) is 16.8 Å². The predicted molar refractivity (Wildman–Crippen MR) is 56.1 cm³/mol. The summed E-state index contributed by atoms with van der Waals surface area (Å²) in [6.07, 6.45) is 5.11. The van der Waals surface area contributed by atoms with Gasteiger partial charge in [0.2, 0.25) is 6.08 Å². The Morgan fingerprint density at radius 1 is 1.50 bits per heavy atom. The number of isocyanates is 1. The van der Waals surface area contributed by atoms with Crippen LogP contribution in [0.3, 0.4) is 0 Å². The minimum atomic E-state index is -0.255. The van der Waals surface area contributed by atoms with Crippen molar-refractivity contribution in [2.75, 3.05) is 11.5 Å². The van der Waals surface area contributed by atoms with Crippen LogP contribution in [0.15, 0.2) is 4.99 Å². The van der Waals surface area contributed by atoms with Crippen LogP contribution >= 0.6 is 11.8 Å². The Morgan fingerprint density at radius 3 is 2.79 bits per heavy atom. The van der Waals surface area contributed by atoms with Crippen LogP contribution in [0.2, 0.25) is 0 Å². The molecule has 1 saturated heterocycles. The van der Waals surface area contributed by atoms with Crippen LogP contribution in [0, 0.1) is 5.92 Å². The molecule has 0 amide bonds. The lowest BCUT2D eigenvalue weighted by molar-refractivity contribution is -0.00422. The maximum absolute atomic E-state index is 10.4. The highest BCUT2D eigenvalue weighted by Crippen LogP contribution is 2.46. The first kappa shape index (κ1) is 10.2. The normalized spacial score (nSPS) is 42.4. The molecule has 0 radical (unpaired) electrons. The van der Waals surface area contributed by atoms with E-state index >= 15 is 0 Å². The summed E-state index contributed by atoms with van der Waals surface area (Å²) < 4.78 is 0. The lowest BCUT2D eigenvalue weighted by atomic mass is 9.66. The van der Waals surface area contributed by atoms with E-state index in [1.807, 2.05) is 11.8 Å². The number of aliphatic imine (C=N–C) groups is 1. The molecule has 1 aliphatic carbocycles. The van der Waals surface area contributed by atoms with Crippen molar-refractivity contribution in [3.05, 3.63) is 0 Å². The molecule has 2 fully saturated rings. The second-order valence-corrected chi connectivity index (χ2v) is 5.43. The summed E-state index contributed by atoms with van der Waals surface area (Å²) in [7, 11) is 0. The van der Waals surface area contributed by atoms with Crippen LogP contribution in [0.4, 0.5) is 0 Å². The Balaban J connectivity index is 2.06. The number of rotatable bonds is 2. The minimum Gasteiger partial charge on any atom is -0.393 e. The van der Waals surface area contributed by atoms with E-state index in [4.69, 9.17) is 0 Å². The van der Waals surface area contributed by atoms with Gasteiger partial charge in [-0.05, 0) is 43.1 Å². The van der Waals surface area contributed by atoms with Gasteiger partial charge in [-0.15, -0.1) is 0 Å². The van der Waals surface area contributed by atoms with E-state index in [9.17, 15) is 9.90 Å². The topological polar surface area (TPSA) is 49.7 Å². The molecular weight excluding hydrogens is 198 g/mol. The predicted octanol–water partition coefficient (Wildman–Crippen LogP) is 1.36. The molecule has 0 spiro atoms. The molecule has 1 aliphatic heterocycles. The molecule has 0 bridgehead atoms. The Kier molecular flexibility index (Phi) is 2.96. The molecule has 1 atom stereocenters. The fraction of sp³-hybridized carbons (Fsp3) is 0.900. The van der Waals surface area contributed by atoms with Gasteiger partial charge in [0.05, 0.1) is 11.6 Å². The first-order valence-electron chi connectivity index (χ1n) is 5.12. The Labute approximate surface area is 88.0 Å². The summed E-state index contributed by atoms with van der Waals surface area (Å²) >= 11 is 1.93. The molecule has 2 aliphatic rings. The van der Waals surface area contributed by atoms with Crippen molar-refractivity contribution in [3.8, 4) is 0 Å². The Hall–Kier alpha value is -0.310. The molecule has 78 valence electrons. The van der Waals surface area contributed by atoms with E-state index in [-0.39, 0.29) is 11.6 Å². The number of aliphatic hydroxyl groups is 1. The summed E-state index contributed by atoms with van der Waals surface area (Å²) in [4.78, 5) is 14.3. The molecule has 1 unspecified atom stereocenters. The van der Waals surface area contributed by atoms with E-state index in [0.29, 0.717) is 18.8 Å². The largest absolute Gasteiger partial charge is 0.393 e. The van der Waals surface area contributed by atoms with Crippen LogP contribution in [0.1, 0.15) is 25.7 Å². The molecule has 3 nitrogen and oxygen atoms in total. The Morgan fingerprint density at radius 2 is 2.29 bits per heavy atom. The highest BCUT2D eigenvalue weighted by atomic mass is 32.2. The molecule has 4 heteroatoms. The van der Waals surface area contributed by atoms with Gasteiger partial charge in [0.15, 0.2) is 0 Å². The molecular formula is C10H15NO2S. The second kappa shape index (κ2) is 4.05. The highest BCUT2D eigenvalue weighted by Gasteiger charge is 2.49. The summed E-state index contributed by atoms with van der Waals surface area (Å²) in [5.41, 5.74) is -0.255. The van der Waals surface area contributed by atoms with E-state index < -0.39 is 0 Å².